The number of nitrogen functional groups attached to an aromatic ring is 1. The molecule has 2 saturated heterocycles. The molecule has 0 bridgehead atoms. The summed E-state index contributed by atoms with van der Waals surface area (Å²) < 4.78 is 46.6. The van der Waals surface area contributed by atoms with Crippen molar-refractivity contribution in [1.82, 2.24) is 25.4 Å². The van der Waals surface area contributed by atoms with Gasteiger partial charge >= 0.3 is 5.97 Å². The number of hydroxylamine groups is 2. The Morgan fingerprint density at radius 3 is 2.70 bits per heavy atom. The third-order valence-electron chi connectivity index (χ3n) is 7.50. The Balaban J connectivity index is 1.30. The number of aliphatic hydroxyl groups excluding tert-OH is 1. The molecule has 5 rings (SSSR count). The number of hydrogen-bond donors (Lipinski definition) is 5. The first-order valence-electron chi connectivity index (χ1n) is 13.6. The Bertz CT molecular complexity index is 1820. The molecule has 19 nitrogen and oxygen atoms in total. The molecule has 0 aliphatic carbocycles. The molecule has 6 N–H and O–H groups in total. The maximum Gasteiger partial charge on any atom is 0.351 e. The predicted octanol–water partition coefficient (Wildman–Crippen LogP) is -2.24. The van der Waals surface area contributed by atoms with Gasteiger partial charge in [-0.15, -0.1) is 16.0 Å². The number of β-lactam (4-membered cyclic amide) rings is 1. The standard InChI is InChI=1S/C25H30N8O11S2/c1-25(2)20(22(36)33(25)44-46(39,40)41)29-21(35)19(14-11-45-24(26)28-14)30-43-18(23(37)38)10-42-13-4-5-15-12(6-13)9-32(31(15)3)16-7-27-8-17(16)34/h4-6,9,11,16-18,20,27,34H,7-8,10H2,1-3H3,(H4-,26,28,29,35,37,38,39,40,41)/b30-19-/t16-,17+,18+,20?/m1/s1. The van der Waals surface area contributed by atoms with E-state index in [4.69, 9.17) is 15.3 Å². The van der Waals surface area contributed by atoms with Gasteiger partial charge in [-0.1, -0.05) is 5.16 Å². The van der Waals surface area contributed by atoms with Crippen LogP contribution in [-0.2, 0) is 41.0 Å². The number of carboxylic acid groups (broad SMARTS) is 1. The quantitative estimate of drug-likeness (QED) is 0.0338. The van der Waals surface area contributed by atoms with Crippen molar-refractivity contribution in [3.05, 3.63) is 35.5 Å². The number of nitrogens with two attached hydrogens (primary N) is 1. The molecule has 1 aromatic carbocycles. The number of benzene rings is 1. The average molecular weight is 683 g/mol. The number of carboxylic acids is 1. The number of aliphatic carboxylic acids is 1. The number of aryl methyl sites for hydroxylation is 1. The van der Waals surface area contributed by atoms with E-state index >= 15 is 0 Å². The fraction of sp³-hybridized carbons (Fsp3) is 0.440. The van der Waals surface area contributed by atoms with E-state index in [9.17, 15) is 37.6 Å². The topological polar surface area (TPSA) is 264 Å². The SMILES string of the molecule is C[n+]1c2ccc(OC[C@H](O/N=C(\C(=O)NC3C(=O)N(OS(=O)(=O)[O-])C3(C)C)c3csc(N)n3)C(=O)O)cc2cn1[C@@H]1CNC[C@@H]1O. The first kappa shape index (κ1) is 33.0. The van der Waals surface area contributed by atoms with Gasteiger partial charge in [0.25, 0.3) is 17.9 Å². The number of ether oxygens (including phenoxy) is 1. The van der Waals surface area contributed by atoms with Crippen LogP contribution in [0, 0.1) is 0 Å². The third-order valence-corrected chi connectivity index (χ3v) is 8.51. The number of hydrogen-bond acceptors (Lipinski definition) is 15. The lowest BCUT2D eigenvalue weighted by Crippen LogP contribution is -2.76. The maximum absolute atomic E-state index is 13.2. The summed E-state index contributed by atoms with van der Waals surface area (Å²) in [4.78, 5) is 46.9. The van der Waals surface area contributed by atoms with Crippen molar-refractivity contribution in [3.8, 4) is 5.75 Å². The van der Waals surface area contributed by atoms with E-state index in [0.29, 0.717) is 23.9 Å². The molecule has 1 unspecified atom stereocenters. The summed E-state index contributed by atoms with van der Waals surface area (Å²) in [5.41, 5.74) is 4.42. The molecule has 2 amide bonds. The summed E-state index contributed by atoms with van der Waals surface area (Å²) in [6.07, 6.45) is -0.414. The van der Waals surface area contributed by atoms with Crippen molar-refractivity contribution < 1.29 is 56.1 Å². The van der Waals surface area contributed by atoms with Gasteiger partial charge in [-0.3, -0.25) is 9.59 Å². The summed E-state index contributed by atoms with van der Waals surface area (Å²) in [5.74, 6) is -3.23. The van der Waals surface area contributed by atoms with E-state index < -0.39 is 64.3 Å². The number of thiazole rings is 1. The zero-order valence-corrected chi connectivity index (χ0v) is 26.1. The first-order valence-corrected chi connectivity index (χ1v) is 15.8. The summed E-state index contributed by atoms with van der Waals surface area (Å²) >= 11 is 0.947. The number of β-amino-alcohol motifs (C(OH)–C–C–N with tert-alkyl or cyclic N) is 1. The normalized spacial score (nSPS) is 22.0. The summed E-state index contributed by atoms with van der Waals surface area (Å²) in [5, 5.41) is 31.7. The molecule has 3 aromatic rings. The Kier molecular flexibility index (Phi) is 8.90. The minimum atomic E-state index is -5.27. The van der Waals surface area contributed by atoms with E-state index in [2.05, 4.69) is 25.1 Å². The second kappa shape index (κ2) is 12.4. The average Bonchev–Trinajstić information content (AvgIpc) is 3.69. The highest BCUT2D eigenvalue weighted by molar-refractivity contribution is 7.80. The molecule has 4 atom stereocenters. The van der Waals surface area contributed by atoms with Crippen LogP contribution in [0.2, 0.25) is 0 Å². The number of nitrogens with one attached hydrogen (secondary N) is 2. The number of carbonyl (C=O) groups excluding carboxylic acids is 2. The fourth-order valence-electron chi connectivity index (χ4n) is 5.07. The highest BCUT2D eigenvalue weighted by atomic mass is 32.3. The van der Waals surface area contributed by atoms with E-state index in [1.54, 1.807) is 18.2 Å². The molecule has 21 heteroatoms. The van der Waals surface area contributed by atoms with E-state index in [1.165, 1.54) is 19.2 Å². The monoisotopic (exact) mass is 682 g/mol. The van der Waals surface area contributed by atoms with Gasteiger partial charge < -0.3 is 40.7 Å². The van der Waals surface area contributed by atoms with Crippen molar-refractivity contribution in [2.75, 3.05) is 25.4 Å². The third kappa shape index (κ3) is 6.59. The van der Waals surface area contributed by atoms with E-state index in [-0.39, 0.29) is 16.9 Å². The van der Waals surface area contributed by atoms with Crippen LogP contribution in [0.4, 0.5) is 5.13 Å². The molecular weight excluding hydrogens is 652 g/mol. The Labute approximate surface area is 265 Å². The second-order valence-corrected chi connectivity index (χ2v) is 12.8. The lowest BCUT2D eigenvalue weighted by molar-refractivity contribution is -0.733. The van der Waals surface area contributed by atoms with E-state index in [1.807, 2.05) is 22.6 Å². The number of amides is 2. The first-order chi connectivity index (χ1) is 21.6. The van der Waals surface area contributed by atoms with Crippen LogP contribution >= 0.6 is 11.3 Å². The Hall–Kier alpha value is -4.41. The predicted molar refractivity (Wildman–Crippen MR) is 156 cm³/mol. The molecule has 0 spiro atoms. The number of oxime groups is 1. The molecule has 2 aliphatic heterocycles. The molecule has 2 fully saturated rings. The van der Waals surface area contributed by atoms with Crippen molar-refractivity contribution in [1.29, 1.82) is 0 Å². The minimum Gasteiger partial charge on any atom is -0.724 e. The Morgan fingerprint density at radius 1 is 1.37 bits per heavy atom. The molecular formula is C25H30N8O11S2. The number of aliphatic hydroxyl groups is 1. The van der Waals surface area contributed by atoms with Crippen molar-refractivity contribution in [2.24, 2.45) is 12.2 Å². The van der Waals surface area contributed by atoms with Crippen LogP contribution in [0.3, 0.4) is 0 Å². The summed E-state index contributed by atoms with van der Waals surface area (Å²) in [6.45, 7) is 3.21. The fourth-order valence-corrected chi connectivity index (χ4v) is 6.06. The van der Waals surface area contributed by atoms with Gasteiger partial charge in [0.05, 0.1) is 23.2 Å². The van der Waals surface area contributed by atoms with Gasteiger partial charge in [0, 0.05) is 24.5 Å². The molecule has 4 heterocycles. The zero-order valence-electron chi connectivity index (χ0n) is 24.5. The van der Waals surface area contributed by atoms with Gasteiger partial charge in [0.15, 0.2) is 17.9 Å². The number of anilines is 1. The van der Waals surface area contributed by atoms with Gasteiger partial charge in [0.1, 0.15) is 30.1 Å². The number of fused-ring (bicyclic) bond motifs is 1. The van der Waals surface area contributed by atoms with Gasteiger partial charge in [-0.25, -0.2) is 18.2 Å². The van der Waals surface area contributed by atoms with Crippen molar-refractivity contribution >= 4 is 61.3 Å². The number of carbonyl (C=O) groups is 3. The Morgan fingerprint density at radius 2 is 2.11 bits per heavy atom. The number of nitrogens with zero attached hydrogens (tertiary/aromatic N) is 5. The largest absolute Gasteiger partial charge is 0.724 e. The van der Waals surface area contributed by atoms with Crippen LogP contribution in [0.25, 0.3) is 10.9 Å². The van der Waals surface area contributed by atoms with Crippen LogP contribution < -0.4 is 25.8 Å². The molecule has 248 valence electrons. The molecule has 0 radical (unpaired) electrons. The summed E-state index contributed by atoms with van der Waals surface area (Å²) in [6, 6.07) is 3.58. The van der Waals surface area contributed by atoms with Gasteiger partial charge in [-0.2, -0.15) is 14.0 Å². The van der Waals surface area contributed by atoms with Crippen molar-refractivity contribution in [2.45, 2.75) is 43.7 Å². The highest BCUT2D eigenvalue weighted by Gasteiger charge is 2.57. The molecule has 0 saturated carbocycles. The molecule has 46 heavy (non-hydrogen) atoms. The molecule has 2 aromatic heterocycles. The highest BCUT2D eigenvalue weighted by Crippen LogP contribution is 2.33. The lowest BCUT2D eigenvalue weighted by atomic mass is 9.84. The van der Waals surface area contributed by atoms with Crippen molar-refractivity contribution in [3.63, 3.8) is 0 Å². The van der Waals surface area contributed by atoms with Crippen LogP contribution in [0.5, 0.6) is 5.75 Å². The smallest absolute Gasteiger partial charge is 0.351 e. The van der Waals surface area contributed by atoms with E-state index in [0.717, 1.165) is 22.2 Å². The van der Waals surface area contributed by atoms with Crippen LogP contribution in [0.1, 0.15) is 25.6 Å². The number of rotatable bonds is 12. The summed E-state index contributed by atoms with van der Waals surface area (Å²) in [7, 11) is -3.42. The van der Waals surface area contributed by atoms with Gasteiger partial charge in [-0.05, 0) is 26.0 Å². The minimum absolute atomic E-state index is 0.0465. The van der Waals surface area contributed by atoms with Crippen LogP contribution in [0.15, 0.2) is 34.9 Å². The second-order valence-electron chi connectivity index (χ2n) is 11.0. The zero-order chi connectivity index (χ0) is 33.6. The molecule has 2 aliphatic rings. The van der Waals surface area contributed by atoms with Crippen LogP contribution in [-0.4, -0.2) is 105 Å². The number of aromatic nitrogens is 3. The lowest BCUT2D eigenvalue weighted by Gasteiger charge is -2.51. The maximum atomic E-state index is 13.2. The van der Waals surface area contributed by atoms with Gasteiger partial charge in [0.2, 0.25) is 15.9 Å².